The molecule has 1 aliphatic heterocycles. The molecule has 1 aliphatic rings. The number of halogens is 2. The number of likely N-dealkylation sites (tertiary alicyclic amines) is 1. The minimum atomic E-state index is 0.0606. The highest BCUT2D eigenvalue weighted by Gasteiger charge is 2.29. The first-order chi connectivity index (χ1) is 18.8. The monoisotopic (exact) mass is 561 g/mol. The van der Waals surface area contributed by atoms with Crippen molar-refractivity contribution in [2.24, 2.45) is 0 Å². The van der Waals surface area contributed by atoms with Gasteiger partial charge in [-0.2, -0.15) is 0 Å². The second kappa shape index (κ2) is 13.5. The number of hydrogen-bond donors (Lipinski definition) is 1. The van der Waals surface area contributed by atoms with Gasteiger partial charge in [0.1, 0.15) is 0 Å². The van der Waals surface area contributed by atoms with E-state index >= 15 is 0 Å². The van der Waals surface area contributed by atoms with Crippen molar-refractivity contribution in [1.29, 1.82) is 0 Å². The molecule has 0 unspecified atom stereocenters. The van der Waals surface area contributed by atoms with E-state index in [2.05, 4.69) is 91.5 Å². The van der Waals surface area contributed by atoms with Crippen LogP contribution in [0, 0.1) is 6.92 Å². The quantitative estimate of drug-likeness (QED) is 0.235. The Balaban J connectivity index is 1.73. The van der Waals surface area contributed by atoms with Gasteiger partial charge in [0.05, 0.1) is 5.82 Å². The molecule has 0 saturated carbocycles. The van der Waals surface area contributed by atoms with Gasteiger partial charge in [0, 0.05) is 53.0 Å². The van der Waals surface area contributed by atoms with Crippen molar-refractivity contribution in [3.8, 4) is 0 Å². The molecule has 0 atom stereocenters. The first-order valence-electron chi connectivity index (χ1n) is 14.1. The van der Waals surface area contributed by atoms with Crippen molar-refractivity contribution in [3.63, 3.8) is 0 Å². The minimum absolute atomic E-state index is 0.0606. The van der Waals surface area contributed by atoms with E-state index in [0.717, 1.165) is 61.2 Å². The number of aryl methyl sites for hydroxylation is 1. The fourth-order valence-electron chi connectivity index (χ4n) is 5.70. The van der Waals surface area contributed by atoms with Crippen LogP contribution in [0.4, 0.5) is 5.69 Å². The van der Waals surface area contributed by atoms with Gasteiger partial charge in [-0.1, -0.05) is 86.1 Å². The molecule has 0 aromatic heterocycles. The number of rotatable bonds is 11. The van der Waals surface area contributed by atoms with Crippen LogP contribution in [-0.4, -0.2) is 30.6 Å². The average Bonchev–Trinajstić information content (AvgIpc) is 2.93. The SMILES string of the molecule is C=C(NCC)N1CCC(N(C(=C)CCC)c2cc(C(c3ccc(Cl)cc3)c3ccc(Cl)cc3)ccc2C)CC1. The smallest absolute Gasteiger partial charge is 0.0938 e. The van der Waals surface area contributed by atoms with Gasteiger partial charge in [-0.05, 0) is 85.7 Å². The Morgan fingerprint density at radius 2 is 1.44 bits per heavy atom. The predicted octanol–water partition coefficient (Wildman–Crippen LogP) is 9.15. The lowest BCUT2D eigenvalue weighted by atomic mass is 9.84. The Labute approximate surface area is 245 Å². The van der Waals surface area contributed by atoms with Crippen molar-refractivity contribution in [3.05, 3.63) is 124 Å². The summed E-state index contributed by atoms with van der Waals surface area (Å²) in [5.41, 5.74) is 7.35. The lowest BCUT2D eigenvalue weighted by Crippen LogP contribution is -2.46. The summed E-state index contributed by atoms with van der Waals surface area (Å²) in [5, 5.41) is 4.86. The Morgan fingerprint density at radius 3 is 1.95 bits per heavy atom. The average molecular weight is 563 g/mol. The van der Waals surface area contributed by atoms with Gasteiger partial charge in [-0.25, -0.2) is 0 Å². The number of piperidine rings is 1. The third-order valence-corrected chi connectivity index (χ3v) is 8.21. The summed E-state index contributed by atoms with van der Waals surface area (Å²) >= 11 is 12.5. The summed E-state index contributed by atoms with van der Waals surface area (Å²) in [4.78, 5) is 4.91. The van der Waals surface area contributed by atoms with Gasteiger partial charge in [0.25, 0.3) is 0 Å². The fourth-order valence-corrected chi connectivity index (χ4v) is 5.95. The number of nitrogens with one attached hydrogen (secondary N) is 1. The van der Waals surface area contributed by atoms with Gasteiger partial charge in [-0.3, -0.25) is 0 Å². The van der Waals surface area contributed by atoms with E-state index in [1.165, 1.54) is 33.6 Å². The number of allylic oxidation sites excluding steroid dienone is 1. The van der Waals surface area contributed by atoms with Crippen molar-refractivity contribution in [2.75, 3.05) is 24.5 Å². The summed E-state index contributed by atoms with van der Waals surface area (Å²) < 4.78 is 0. The van der Waals surface area contributed by atoms with Crippen LogP contribution in [0.25, 0.3) is 0 Å². The molecule has 3 aromatic rings. The van der Waals surface area contributed by atoms with Crippen LogP contribution < -0.4 is 10.2 Å². The second-order valence-electron chi connectivity index (χ2n) is 10.5. The van der Waals surface area contributed by atoms with Crippen LogP contribution >= 0.6 is 23.2 Å². The van der Waals surface area contributed by atoms with Gasteiger partial charge in [0.2, 0.25) is 0 Å². The van der Waals surface area contributed by atoms with E-state index in [4.69, 9.17) is 23.2 Å². The van der Waals surface area contributed by atoms with Crippen molar-refractivity contribution < 1.29 is 0 Å². The first-order valence-corrected chi connectivity index (χ1v) is 14.8. The number of anilines is 1. The van der Waals surface area contributed by atoms with E-state index in [1.807, 2.05) is 24.3 Å². The maximum atomic E-state index is 6.27. The summed E-state index contributed by atoms with van der Waals surface area (Å²) in [6.07, 6.45) is 4.18. The van der Waals surface area contributed by atoms with E-state index in [9.17, 15) is 0 Å². The molecule has 39 heavy (non-hydrogen) atoms. The van der Waals surface area contributed by atoms with Crippen LogP contribution in [-0.2, 0) is 0 Å². The maximum Gasteiger partial charge on any atom is 0.0938 e. The van der Waals surface area contributed by atoms with Gasteiger partial charge < -0.3 is 15.1 Å². The largest absolute Gasteiger partial charge is 0.373 e. The summed E-state index contributed by atoms with van der Waals surface area (Å²) in [5.74, 6) is 1.09. The van der Waals surface area contributed by atoms with E-state index < -0.39 is 0 Å². The first kappa shape index (κ1) is 29.1. The molecule has 1 heterocycles. The number of benzene rings is 3. The van der Waals surface area contributed by atoms with Crippen LogP contribution in [0.1, 0.15) is 67.7 Å². The predicted molar refractivity (Wildman–Crippen MR) is 169 cm³/mol. The molecule has 1 N–H and O–H groups in total. The molecule has 0 amide bonds. The zero-order valence-electron chi connectivity index (χ0n) is 23.5. The Hall–Kier alpha value is -2.88. The van der Waals surface area contributed by atoms with Gasteiger partial charge in [0.15, 0.2) is 0 Å². The molecule has 0 spiro atoms. The number of hydrogen-bond acceptors (Lipinski definition) is 3. The van der Waals surface area contributed by atoms with Crippen molar-refractivity contribution in [1.82, 2.24) is 10.2 Å². The highest BCUT2D eigenvalue weighted by molar-refractivity contribution is 6.30. The Kier molecular flexibility index (Phi) is 10.0. The summed E-state index contributed by atoms with van der Waals surface area (Å²) in [7, 11) is 0. The van der Waals surface area contributed by atoms with Crippen LogP contribution in [0.5, 0.6) is 0 Å². The topological polar surface area (TPSA) is 18.5 Å². The van der Waals surface area contributed by atoms with Crippen LogP contribution in [0.3, 0.4) is 0 Å². The molecule has 3 nitrogen and oxygen atoms in total. The highest BCUT2D eigenvalue weighted by Crippen LogP contribution is 2.38. The molecular formula is C34H41Cl2N3. The van der Waals surface area contributed by atoms with Crippen molar-refractivity contribution >= 4 is 28.9 Å². The molecule has 1 fully saturated rings. The molecule has 1 saturated heterocycles. The molecule has 0 radical (unpaired) electrons. The summed E-state index contributed by atoms with van der Waals surface area (Å²) in [6, 6.07) is 23.7. The second-order valence-corrected chi connectivity index (χ2v) is 11.3. The Bertz CT molecular complexity index is 1210. The molecule has 0 bridgehead atoms. The molecule has 206 valence electrons. The van der Waals surface area contributed by atoms with Gasteiger partial charge >= 0.3 is 0 Å². The molecule has 0 aliphatic carbocycles. The zero-order chi connectivity index (χ0) is 27.9. The standard InChI is InChI=1S/C34H41Cl2N3/c1-6-8-25(4)39(32-19-21-38(22-20-32)26(5)37-7-2)33-23-29(10-9-24(33)3)34(27-11-15-30(35)16-12-27)28-13-17-31(36)18-14-28/h9-18,23,32,34,37H,4-8,19-22H2,1-3H3. The maximum absolute atomic E-state index is 6.27. The van der Waals surface area contributed by atoms with Crippen LogP contribution in [0.15, 0.2) is 91.4 Å². The fraction of sp³-hybridized carbons (Fsp3) is 0.353. The van der Waals surface area contributed by atoms with Crippen molar-refractivity contribution in [2.45, 2.75) is 58.4 Å². The zero-order valence-corrected chi connectivity index (χ0v) is 25.0. The Morgan fingerprint density at radius 1 is 0.897 bits per heavy atom. The third kappa shape index (κ3) is 7.01. The van der Waals surface area contributed by atoms with Crippen LogP contribution in [0.2, 0.25) is 10.0 Å². The highest BCUT2D eigenvalue weighted by atomic mass is 35.5. The molecule has 4 rings (SSSR count). The van der Waals surface area contributed by atoms with E-state index in [1.54, 1.807) is 0 Å². The minimum Gasteiger partial charge on any atom is -0.373 e. The summed E-state index contributed by atoms with van der Waals surface area (Å²) in [6.45, 7) is 18.3. The molecular weight excluding hydrogens is 521 g/mol. The normalized spacial score (nSPS) is 13.9. The molecule has 5 heteroatoms. The molecule has 3 aromatic carbocycles. The lowest BCUT2D eigenvalue weighted by molar-refractivity contribution is 0.247. The van der Waals surface area contributed by atoms with E-state index in [-0.39, 0.29) is 5.92 Å². The van der Waals surface area contributed by atoms with E-state index in [0.29, 0.717) is 6.04 Å². The van der Waals surface area contributed by atoms with Gasteiger partial charge in [-0.15, -0.1) is 0 Å². The lowest BCUT2D eigenvalue weighted by Gasteiger charge is -2.42. The third-order valence-electron chi connectivity index (χ3n) is 7.70. The number of nitrogens with zero attached hydrogens (tertiary/aromatic N) is 2.